The fourth-order valence-corrected chi connectivity index (χ4v) is 5.00. The van der Waals surface area contributed by atoms with Gasteiger partial charge in [0.25, 0.3) is 0 Å². The molecule has 2 aliphatic rings. The lowest BCUT2D eigenvalue weighted by atomic mass is 9.98. The van der Waals surface area contributed by atoms with Gasteiger partial charge in [-0.2, -0.15) is 5.10 Å². The summed E-state index contributed by atoms with van der Waals surface area (Å²) in [4.78, 5) is 27.5. The molecule has 2 atom stereocenters. The minimum Gasteiger partial charge on any atom is -0.497 e. The Balaban J connectivity index is 1.41. The number of rotatable bonds is 6. The Bertz CT molecular complexity index is 1510. The number of carbonyl (C=O) groups is 2. The van der Waals surface area contributed by atoms with Crippen molar-refractivity contribution in [2.75, 3.05) is 12.0 Å². The first-order valence-electron chi connectivity index (χ1n) is 12.1. The molecule has 2 heterocycles. The number of ether oxygens (including phenoxy) is 1. The zero-order chi connectivity index (χ0) is 25.7. The number of aromatic nitrogens is 2. The van der Waals surface area contributed by atoms with Gasteiger partial charge >= 0.3 is 0 Å². The summed E-state index contributed by atoms with van der Waals surface area (Å²) in [6.45, 7) is 0. The molecular weight excluding hydrogens is 478 g/mol. The summed E-state index contributed by atoms with van der Waals surface area (Å²) in [6.07, 6.45) is 3.36. The van der Waals surface area contributed by atoms with Gasteiger partial charge < -0.3 is 15.0 Å². The second-order valence-corrected chi connectivity index (χ2v) is 9.47. The lowest BCUT2D eigenvalue weighted by molar-refractivity contribution is -0.123. The molecule has 1 saturated carbocycles. The van der Waals surface area contributed by atoms with Gasteiger partial charge in [0.15, 0.2) is 0 Å². The van der Waals surface area contributed by atoms with Gasteiger partial charge in [0.2, 0.25) is 11.8 Å². The number of amides is 2. The quantitative estimate of drug-likeness (QED) is 0.415. The van der Waals surface area contributed by atoms with Gasteiger partial charge in [-0.3, -0.25) is 9.59 Å². The molecule has 1 N–H and O–H groups in total. The Morgan fingerprint density at radius 3 is 2.51 bits per heavy atom. The number of fused-ring (bicyclic) bond motifs is 1. The Hall–Kier alpha value is -4.27. The molecule has 0 radical (unpaired) electrons. The first kappa shape index (κ1) is 23.1. The average molecular weight is 503 g/mol. The van der Waals surface area contributed by atoms with Crippen LogP contribution in [0.1, 0.15) is 30.9 Å². The Kier molecular flexibility index (Phi) is 5.62. The summed E-state index contributed by atoms with van der Waals surface area (Å²) < 4.78 is 35.6. The van der Waals surface area contributed by atoms with E-state index in [1.807, 2.05) is 12.1 Å². The highest BCUT2D eigenvalue weighted by Gasteiger charge is 2.45. The zero-order valence-corrected chi connectivity index (χ0v) is 20.0. The first-order chi connectivity index (χ1) is 17.9. The van der Waals surface area contributed by atoms with E-state index in [1.165, 1.54) is 31.4 Å². The fourth-order valence-electron chi connectivity index (χ4n) is 5.00. The number of nitrogens with zero attached hydrogens (tertiary/aromatic N) is 3. The van der Waals surface area contributed by atoms with Crippen LogP contribution >= 0.6 is 0 Å². The SMILES string of the molecule is COc1ccc(F)c([C@@H]2[C@@H](NC(=O)C3CC3)CC(=O)N2c2ccc3c(cnn3-c3ccc(F)cc3)c2)c1. The van der Waals surface area contributed by atoms with Gasteiger partial charge in [-0.15, -0.1) is 0 Å². The third-order valence-electron chi connectivity index (χ3n) is 7.02. The van der Waals surface area contributed by atoms with Crippen molar-refractivity contribution in [2.24, 2.45) is 5.92 Å². The van der Waals surface area contributed by atoms with Crippen LogP contribution in [0.25, 0.3) is 16.6 Å². The van der Waals surface area contributed by atoms with Crippen LogP contribution in [0.2, 0.25) is 0 Å². The normalized spacial score (nSPS) is 19.4. The summed E-state index contributed by atoms with van der Waals surface area (Å²) in [7, 11) is 1.49. The van der Waals surface area contributed by atoms with Crippen LogP contribution in [0, 0.1) is 17.6 Å². The highest BCUT2D eigenvalue weighted by molar-refractivity contribution is 6.00. The van der Waals surface area contributed by atoms with Crippen LogP contribution in [0.4, 0.5) is 14.5 Å². The van der Waals surface area contributed by atoms with Gasteiger partial charge in [-0.1, -0.05) is 0 Å². The van der Waals surface area contributed by atoms with Crippen molar-refractivity contribution < 1.29 is 23.1 Å². The second-order valence-electron chi connectivity index (χ2n) is 9.47. The smallest absolute Gasteiger partial charge is 0.229 e. The van der Waals surface area contributed by atoms with E-state index in [0.29, 0.717) is 17.1 Å². The van der Waals surface area contributed by atoms with Gasteiger partial charge in [0.1, 0.15) is 17.4 Å². The summed E-state index contributed by atoms with van der Waals surface area (Å²) >= 11 is 0. The van der Waals surface area contributed by atoms with Crippen LogP contribution in [0.3, 0.4) is 0 Å². The molecule has 9 heteroatoms. The summed E-state index contributed by atoms with van der Waals surface area (Å²) in [6, 6.07) is 14.5. The molecule has 7 nitrogen and oxygen atoms in total. The number of benzene rings is 3. The molecule has 1 aliphatic carbocycles. The maximum Gasteiger partial charge on any atom is 0.229 e. The maximum atomic E-state index is 15.2. The van der Waals surface area contributed by atoms with E-state index < -0.39 is 17.9 Å². The van der Waals surface area contributed by atoms with E-state index in [1.54, 1.807) is 40.0 Å². The highest BCUT2D eigenvalue weighted by Crippen LogP contribution is 2.41. The number of carbonyl (C=O) groups excluding carboxylic acids is 2. The lowest BCUT2D eigenvalue weighted by Gasteiger charge is -2.30. The molecule has 188 valence electrons. The molecule has 2 amide bonds. The molecule has 0 unspecified atom stereocenters. The highest BCUT2D eigenvalue weighted by atomic mass is 19.1. The van der Waals surface area contributed by atoms with Gasteiger partial charge in [-0.05, 0) is 73.5 Å². The van der Waals surface area contributed by atoms with Crippen molar-refractivity contribution in [3.8, 4) is 11.4 Å². The van der Waals surface area contributed by atoms with Crippen LogP contribution in [0.5, 0.6) is 5.75 Å². The third kappa shape index (κ3) is 4.20. The van der Waals surface area contributed by atoms with E-state index in [-0.39, 0.29) is 35.5 Å². The second kappa shape index (κ2) is 8.99. The number of methoxy groups -OCH3 is 1. The molecule has 1 aromatic heterocycles. The third-order valence-corrected chi connectivity index (χ3v) is 7.02. The molecule has 2 fully saturated rings. The Morgan fingerprint density at radius 1 is 1.03 bits per heavy atom. The van der Waals surface area contributed by atoms with Crippen molar-refractivity contribution >= 4 is 28.4 Å². The molecule has 0 spiro atoms. The van der Waals surface area contributed by atoms with E-state index in [0.717, 1.165) is 23.7 Å². The molecule has 1 aliphatic heterocycles. The minimum atomic E-state index is -0.755. The van der Waals surface area contributed by atoms with E-state index in [9.17, 15) is 14.0 Å². The van der Waals surface area contributed by atoms with Crippen LogP contribution in [-0.2, 0) is 9.59 Å². The predicted octanol–water partition coefficient (Wildman–Crippen LogP) is 4.69. The molecular formula is C28H24F2N4O3. The van der Waals surface area contributed by atoms with E-state index in [2.05, 4.69) is 10.4 Å². The van der Waals surface area contributed by atoms with Crippen molar-refractivity contribution in [3.05, 3.63) is 84.1 Å². The van der Waals surface area contributed by atoms with E-state index >= 15 is 4.39 Å². The lowest BCUT2D eigenvalue weighted by Crippen LogP contribution is -2.41. The van der Waals surface area contributed by atoms with Crippen molar-refractivity contribution in [1.82, 2.24) is 15.1 Å². The topological polar surface area (TPSA) is 76.5 Å². The predicted molar refractivity (Wildman–Crippen MR) is 133 cm³/mol. The fraction of sp³-hybridized carbons (Fsp3) is 0.250. The Morgan fingerprint density at radius 2 is 1.78 bits per heavy atom. The number of hydrogen-bond acceptors (Lipinski definition) is 4. The minimum absolute atomic E-state index is 0.0476. The van der Waals surface area contributed by atoms with Crippen LogP contribution in [0.15, 0.2) is 66.9 Å². The Labute approximate surface area is 211 Å². The molecule has 4 aromatic rings. The van der Waals surface area contributed by atoms with Gasteiger partial charge in [0.05, 0.1) is 36.6 Å². The van der Waals surface area contributed by atoms with E-state index in [4.69, 9.17) is 4.74 Å². The standard InChI is InChI=1S/C28H24F2N4O3/c1-37-21-9-10-23(30)22(13-21)27-24(32-28(36)16-2-3-16)14-26(35)33(27)20-8-11-25-17(12-20)15-31-34(25)19-6-4-18(29)5-7-19/h4-13,15-16,24,27H,2-3,14H2,1H3,(H,32,36)/t24-,27+/m0/s1. The summed E-state index contributed by atoms with van der Waals surface area (Å²) in [5.74, 6) is -0.745. The number of halogens is 2. The van der Waals surface area contributed by atoms with Crippen molar-refractivity contribution in [3.63, 3.8) is 0 Å². The molecule has 37 heavy (non-hydrogen) atoms. The maximum absolute atomic E-state index is 15.2. The van der Waals surface area contributed by atoms with Crippen LogP contribution < -0.4 is 15.0 Å². The number of hydrogen-bond donors (Lipinski definition) is 1. The monoisotopic (exact) mass is 502 g/mol. The summed E-state index contributed by atoms with van der Waals surface area (Å²) in [5.41, 5.74) is 2.30. The zero-order valence-electron chi connectivity index (χ0n) is 20.0. The summed E-state index contributed by atoms with van der Waals surface area (Å²) in [5, 5.41) is 8.18. The number of nitrogens with one attached hydrogen (secondary N) is 1. The largest absolute Gasteiger partial charge is 0.497 e. The molecule has 6 rings (SSSR count). The van der Waals surface area contributed by atoms with Crippen LogP contribution in [-0.4, -0.2) is 34.7 Å². The van der Waals surface area contributed by atoms with Crippen molar-refractivity contribution in [2.45, 2.75) is 31.3 Å². The van der Waals surface area contributed by atoms with Crippen molar-refractivity contribution in [1.29, 1.82) is 0 Å². The number of anilines is 1. The molecule has 3 aromatic carbocycles. The average Bonchev–Trinajstić information content (AvgIpc) is 3.60. The molecule has 0 bridgehead atoms. The van der Waals surface area contributed by atoms with Gasteiger partial charge in [-0.25, -0.2) is 13.5 Å². The first-order valence-corrected chi connectivity index (χ1v) is 12.1. The van der Waals surface area contributed by atoms with Gasteiger partial charge in [0, 0.05) is 29.0 Å². The molecule has 1 saturated heterocycles.